The lowest BCUT2D eigenvalue weighted by Crippen LogP contribution is -2.15. The van der Waals surface area contributed by atoms with Crippen molar-refractivity contribution in [3.05, 3.63) is 58.8 Å². The number of aromatic nitrogens is 4. The number of benzene rings is 1. The van der Waals surface area contributed by atoms with Crippen LogP contribution in [0.4, 0.5) is 0 Å². The lowest BCUT2D eigenvalue weighted by molar-refractivity contribution is 0.343. The van der Waals surface area contributed by atoms with Crippen LogP contribution in [0.2, 0.25) is 0 Å². The third-order valence-corrected chi connectivity index (χ3v) is 3.91. The van der Waals surface area contributed by atoms with Crippen LogP contribution < -0.4 is 10.4 Å². The van der Waals surface area contributed by atoms with Gasteiger partial charge in [-0.1, -0.05) is 6.07 Å². The molecule has 0 saturated heterocycles. The molecule has 0 amide bonds. The van der Waals surface area contributed by atoms with E-state index in [1.54, 1.807) is 16.8 Å². The molecule has 0 unspecified atom stereocenters. The van der Waals surface area contributed by atoms with E-state index in [9.17, 15) is 4.79 Å². The minimum atomic E-state index is -0.246. The van der Waals surface area contributed by atoms with Crippen LogP contribution in [0.5, 0.6) is 5.75 Å². The van der Waals surface area contributed by atoms with Crippen molar-refractivity contribution < 1.29 is 4.74 Å². The molecule has 3 aromatic heterocycles. The van der Waals surface area contributed by atoms with Crippen LogP contribution in [0.15, 0.2) is 47.4 Å². The van der Waals surface area contributed by atoms with E-state index in [1.807, 2.05) is 44.2 Å². The number of fused-ring (bicyclic) bond motifs is 2. The molecule has 0 aliphatic rings. The van der Waals surface area contributed by atoms with Gasteiger partial charge in [-0.25, -0.2) is 9.78 Å². The lowest BCUT2D eigenvalue weighted by Gasteiger charge is -2.09. The van der Waals surface area contributed by atoms with E-state index in [1.165, 1.54) is 0 Å². The molecule has 0 aliphatic carbocycles. The summed E-state index contributed by atoms with van der Waals surface area (Å²) in [7, 11) is 0. The zero-order chi connectivity index (χ0) is 16.7. The molecule has 0 spiro atoms. The second kappa shape index (κ2) is 5.49. The van der Waals surface area contributed by atoms with Gasteiger partial charge in [0, 0.05) is 23.3 Å². The number of imidazole rings is 1. The largest absolute Gasteiger partial charge is 0.491 e. The van der Waals surface area contributed by atoms with Gasteiger partial charge in [-0.15, -0.1) is 0 Å². The van der Waals surface area contributed by atoms with Gasteiger partial charge in [-0.05, 0) is 38.1 Å². The Hall–Kier alpha value is -3.15. The number of pyridine rings is 2. The summed E-state index contributed by atoms with van der Waals surface area (Å²) in [4.78, 5) is 24.0. The number of hydrogen-bond donors (Lipinski definition) is 1. The fraction of sp³-hybridized carbons (Fsp3) is 0.167. The number of aryl methyl sites for hydroxylation is 1. The van der Waals surface area contributed by atoms with Gasteiger partial charge < -0.3 is 4.74 Å². The van der Waals surface area contributed by atoms with Crippen LogP contribution in [-0.4, -0.2) is 26.1 Å². The predicted octanol–water partition coefficient (Wildman–Crippen LogP) is 2.97. The number of H-pyrrole nitrogens is 1. The van der Waals surface area contributed by atoms with E-state index < -0.39 is 0 Å². The molecule has 120 valence electrons. The highest BCUT2D eigenvalue weighted by Gasteiger charge is 2.15. The van der Waals surface area contributed by atoms with Crippen molar-refractivity contribution in [3.63, 3.8) is 0 Å². The molecule has 0 aliphatic heterocycles. The van der Waals surface area contributed by atoms with Crippen LogP contribution >= 0.6 is 0 Å². The summed E-state index contributed by atoms with van der Waals surface area (Å²) < 4.78 is 7.26. The first kappa shape index (κ1) is 14.4. The molecule has 4 rings (SSSR count). The Balaban J connectivity index is 2.00. The Labute approximate surface area is 137 Å². The normalized spacial score (nSPS) is 11.2. The highest BCUT2D eigenvalue weighted by atomic mass is 16.5. The van der Waals surface area contributed by atoms with Crippen LogP contribution in [-0.2, 0) is 0 Å². The van der Waals surface area contributed by atoms with Crippen molar-refractivity contribution in [2.24, 2.45) is 0 Å². The van der Waals surface area contributed by atoms with Gasteiger partial charge in [0.25, 0.3) is 0 Å². The van der Waals surface area contributed by atoms with E-state index >= 15 is 0 Å². The molecule has 1 N–H and O–H groups in total. The minimum Gasteiger partial charge on any atom is -0.491 e. The fourth-order valence-electron chi connectivity index (χ4n) is 2.87. The molecule has 0 bridgehead atoms. The Kier molecular flexibility index (Phi) is 3.30. The quantitative estimate of drug-likeness (QED) is 0.630. The Morgan fingerprint density at radius 1 is 1.21 bits per heavy atom. The Morgan fingerprint density at radius 2 is 2.08 bits per heavy atom. The van der Waals surface area contributed by atoms with Crippen molar-refractivity contribution in [1.29, 1.82) is 0 Å². The number of aromatic amines is 1. The summed E-state index contributed by atoms with van der Waals surface area (Å²) in [6, 6.07) is 11.5. The first-order valence-corrected chi connectivity index (χ1v) is 7.77. The number of nitrogens with one attached hydrogen (secondary N) is 1. The average molecular weight is 320 g/mol. The summed E-state index contributed by atoms with van der Waals surface area (Å²) in [6.07, 6.45) is 1.63. The topological polar surface area (TPSA) is 72.8 Å². The maximum absolute atomic E-state index is 12.5. The number of nitrogens with zero attached hydrogens (tertiary/aromatic N) is 3. The van der Waals surface area contributed by atoms with Crippen LogP contribution in [0.3, 0.4) is 0 Å². The van der Waals surface area contributed by atoms with Gasteiger partial charge in [0.15, 0.2) is 5.65 Å². The summed E-state index contributed by atoms with van der Waals surface area (Å²) in [6.45, 7) is 4.38. The maximum Gasteiger partial charge on any atom is 0.332 e. The van der Waals surface area contributed by atoms with Crippen molar-refractivity contribution in [3.8, 4) is 11.4 Å². The Bertz CT molecular complexity index is 1110. The molecule has 6 heteroatoms. The zero-order valence-electron chi connectivity index (χ0n) is 13.4. The molecule has 6 nitrogen and oxygen atoms in total. The summed E-state index contributed by atoms with van der Waals surface area (Å²) in [5.74, 6) is 0.628. The maximum atomic E-state index is 12.5. The van der Waals surface area contributed by atoms with Crippen LogP contribution in [0.1, 0.15) is 12.6 Å². The molecule has 4 aromatic rings. The van der Waals surface area contributed by atoms with Crippen LogP contribution in [0, 0.1) is 6.92 Å². The van der Waals surface area contributed by atoms with E-state index in [0.29, 0.717) is 23.5 Å². The average Bonchev–Trinajstić information content (AvgIpc) is 2.91. The van der Waals surface area contributed by atoms with E-state index in [-0.39, 0.29) is 5.69 Å². The molecule has 24 heavy (non-hydrogen) atoms. The highest BCUT2D eigenvalue weighted by Crippen LogP contribution is 2.25. The molecule has 0 fully saturated rings. The zero-order valence-corrected chi connectivity index (χ0v) is 13.4. The second-order valence-electron chi connectivity index (χ2n) is 5.53. The SMILES string of the molecule is CCOc1ccnc2[nH]c(=O)n(-c3ccc4nc(C)ccc4c3)c12. The fourth-order valence-corrected chi connectivity index (χ4v) is 2.87. The molecule has 1 aromatic carbocycles. The first-order valence-electron chi connectivity index (χ1n) is 7.77. The minimum absolute atomic E-state index is 0.246. The molecule has 0 atom stereocenters. The van der Waals surface area contributed by atoms with E-state index in [0.717, 1.165) is 22.3 Å². The third-order valence-electron chi connectivity index (χ3n) is 3.91. The first-order chi connectivity index (χ1) is 11.7. The van der Waals surface area contributed by atoms with E-state index in [2.05, 4.69) is 15.0 Å². The van der Waals surface area contributed by atoms with Gasteiger partial charge in [-0.3, -0.25) is 14.5 Å². The van der Waals surface area contributed by atoms with E-state index in [4.69, 9.17) is 4.74 Å². The number of rotatable bonds is 3. The number of ether oxygens (including phenoxy) is 1. The molecular formula is C18H16N4O2. The standard InChI is InChI=1S/C18H16N4O2/c1-3-24-15-8-9-19-17-16(15)22(18(23)21-17)13-6-7-14-12(10-13)5-4-11(2)20-14/h4-10H,3H2,1-2H3,(H,19,21,23). The molecular weight excluding hydrogens is 304 g/mol. The van der Waals surface area contributed by atoms with Crippen molar-refractivity contribution in [2.75, 3.05) is 6.61 Å². The highest BCUT2D eigenvalue weighted by molar-refractivity contribution is 5.84. The second-order valence-corrected chi connectivity index (χ2v) is 5.53. The van der Waals surface area contributed by atoms with Gasteiger partial charge in [0.1, 0.15) is 11.3 Å². The molecule has 0 saturated carbocycles. The predicted molar refractivity (Wildman–Crippen MR) is 92.9 cm³/mol. The third kappa shape index (κ3) is 2.23. The summed E-state index contributed by atoms with van der Waals surface area (Å²) >= 11 is 0. The number of hydrogen-bond acceptors (Lipinski definition) is 4. The van der Waals surface area contributed by atoms with Crippen LogP contribution in [0.25, 0.3) is 27.8 Å². The Morgan fingerprint density at radius 3 is 2.92 bits per heavy atom. The van der Waals surface area contributed by atoms with Crippen molar-refractivity contribution in [1.82, 2.24) is 19.5 Å². The van der Waals surface area contributed by atoms with Crippen molar-refractivity contribution in [2.45, 2.75) is 13.8 Å². The molecule has 0 radical (unpaired) electrons. The van der Waals surface area contributed by atoms with Gasteiger partial charge >= 0.3 is 5.69 Å². The van der Waals surface area contributed by atoms with Crippen molar-refractivity contribution >= 4 is 22.1 Å². The lowest BCUT2D eigenvalue weighted by atomic mass is 10.2. The summed E-state index contributed by atoms with van der Waals surface area (Å²) in [5, 5.41) is 0.973. The smallest absolute Gasteiger partial charge is 0.332 e. The van der Waals surface area contributed by atoms with Gasteiger partial charge in [-0.2, -0.15) is 0 Å². The van der Waals surface area contributed by atoms with Gasteiger partial charge in [0.05, 0.1) is 17.8 Å². The molecule has 3 heterocycles. The van der Waals surface area contributed by atoms with Gasteiger partial charge in [0.2, 0.25) is 0 Å². The monoisotopic (exact) mass is 320 g/mol. The summed E-state index contributed by atoms with van der Waals surface area (Å²) in [5.41, 5.74) is 3.51.